The van der Waals surface area contributed by atoms with E-state index in [1.807, 2.05) is 0 Å². The summed E-state index contributed by atoms with van der Waals surface area (Å²) in [5.41, 5.74) is -0.834. The van der Waals surface area contributed by atoms with Crippen molar-refractivity contribution in [2.75, 3.05) is 11.5 Å². The molecular weight excluding hydrogens is 176 g/mol. The maximum atomic E-state index is 9.98. The zero-order chi connectivity index (χ0) is 8.60. The van der Waals surface area contributed by atoms with Crippen LogP contribution in [0.4, 0.5) is 0 Å². The molecule has 1 aromatic rings. The largest absolute Gasteiger partial charge is 0.381 e. The van der Waals surface area contributed by atoms with Crippen molar-refractivity contribution in [2.45, 2.75) is 12.0 Å². The quantitative estimate of drug-likeness (QED) is 0.642. The van der Waals surface area contributed by atoms with Crippen LogP contribution in [-0.2, 0) is 12.6 Å². The number of nitrogens with zero attached hydrogens (tertiary/aromatic N) is 4. The van der Waals surface area contributed by atoms with Crippen molar-refractivity contribution in [2.24, 2.45) is 7.05 Å². The van der Waals surface area contributed by atoms with Gasteiger partial charge in [0.05, 0.1) is 7.05 Å². The number of tetrazole rings is 1. The Balaban J connectivity index is 2.28. The van der Waals surface area contributed by atoms with Crippen LogP contribution in [-0.4, -0.2) is 36.8 Å². The maximum Gasteiger partial charge on any atom is 0.207 e. The number of hydrogen-bond acceptors (Lipinski definition) is 5. The molecule has 0 saturated carbocycles. The number of thioether (sulfide) groups is 1. The zero-order valence-corrected chi connectivity index (χ0v) is 7.58. The van der Waals surface area contributed by atoms with Crippen molar-refractivity contribution in [3.05, 3.63) is 5.82 Å². The normalized spacial score (nSPS) is 29.5. The van der Waals surface area contributed by atoms with Gasteiger partial charge in [0.25, 0.3) is 0 Å². The van der Waals surface area contributed by atoms with Crippen molar-refractivity contribution in [1.29, 1.82) is 0 Å². The lowest BCUT2D eigenvalue weighted by molar-refractivity contribution is 0.0558. The molecule has 1 aliphatic rings. The molecule has 0 spiro atoms. The summed E-state index contributed by atoms with van der Waals surface area (Å²) < 4.78 is 0. The zero-order valence-electron chi connectivity index (χ0n) is 6.77. The van der Waals surface area contributed by atoms with Crippen molar-refractivity contribution in [1.82, 2.24) is 20.2 Å². The Morgan fingerprint density at radius 1 is 1.67 bits per heavy atom. The van der Waals surface area contributed by atoms with E-state index in [0.29, 0.717) is 11.6 Å². The molecule has 2 heterocycles. The second-order valence-electron chi connectivity index (χ2n) is 2.94. The minimum atomic E-state index is -0.834. The van der Waals surface area contributed by atoms with Gasteiger partial charge < -0.3 is 5.11 Å². The highest BCUT2D eigenvalue weighted by molar-refractivity contribution is 7.99. The Labute approximate surface area is 74.2 Å². The highest BCUT2D eigenvalue weighted by Crippen LogP contribution is 2.34. The molecule has 5 nitrogen and oxygen atoms in total. The topological polar surface area (TPSA) is 63.8 Å². The van der Waals surface area contributed by atoms with Gasteiger partial charge in [-0.2, -0.15) is 16.6 Å². The van der Waals surface area contributed by atoms with Crippen molar-refractivity contribution in [3.63, 3.8) is 0 Å². The lowest BCUT2D eigenvalue weighted by atomic mass is 10.0. The van der Waals surface area contributed by atoms with E-state index in [1.54, 1.807) is 18.8 Å². The maximum absolute atomic E-state index is 9.98. The number of hydrogen-bond donors (Lipinski definition) is 1. The molecule has 0 bridgehead atoms. The van der Waals surface area contributed by atoms with Crippen molar-refractivity contribution < 1.29 is 5.11 Å². The van der Waals surface area contributed by atoms with E-state index in [4.69, 9.17) is 0 Å². The van der Waals surface area contributed by atoms with E-state index >= 15 is 0 Å². The average Bonchev–Trinajstić information content (AvgIpc) is 2.59. The summed E-state index contributed by atoms with van der Waals surface area (Å²) in [6.45, 7) is 0. The van der Waals surface area contributed by atoms with Gasteiger partial charge in [-0.3, -0.25) is 0 Å². The molecule has 1 N–H and O–H groups in total. The molecular formula is C6H10N4OS. The van der Waals surface area contributed by atoms with Gasteiger partial charge in [-0.05, 0) is 17.4 Å². The van der Waals surface area contributed by atoms with Gasteiger partial charge >= 0.3 is 0 Å². The predicted octanol–water partition coefficient (Wildman–Crippen LogP) is -0.465. The molecule has 1 unspecified atom stereocenters. The van der Waals surface area contributed by atoms with Gasteiger partial charge in [-0.15, -0.1) is 10.2 Å². The molecule has 0 aromatic carbocycles. The van der Waals surface area contributed by atoms with E-state index in [-0.39, 0.29) is 0 Å². The number of aromatic nitrogens is 4. The second kappa shape index (κ2) is 2.70. The lowest BCUT2D eigenvalue weighted by Gasteiger charge is -2.15. The molecule has 0 aliphatic carbocycles. The Morgan fingerprint density at radius 3 is 3.00 bits per heavy atom. The molecule has 6 heteroatoms. The van der Waals surface area contributed by atoms with E-state index in [0.717, 1.165) is 12.2 Å². The molecule has 66 valence electrons. The number of rotatable bonds is 1. The minimum absolute atomic E-state index is 0.454. The van der Waals surface area contributed by atoms with Crippen molar-refractivity contribution >= 4 is 11.8 Å². The minimum Gasteiger partial charge on any atom is -0.381 e. The van der Waals surface area contributed by atoms with E-state index < -0.39 is 5.60 Å². The summed E-state index contributed by atoms with van der Waals surface area (Å²) in [5, 5.41) is 21.5. The third-order valence-electron chi connectivity index (χ3n) is 1.93. The monoisotopic (exact) mass is 186 g/mol. The molecule has 1 atom stereocenters. The third-order valence-corrected chi connectivity index (χ3v) is 3.10. The average molecular weight is 186 g/mol. The first kappa shape index (κ1) is 8.00. The first-order valence-corrected chi connectivity index (χ1v) is 4.91. The van der Waals surface area contributed by atoms with Crippen LogP contribution in [0.1, 0.15) is 12.2 Å². The number of aryl methyl sites for hydroxylation is 1. The Hall–Kier alpha value is -0.620. The van der Waals surface area contributed by atoms with Gasteiger partial charge in [0, 0.05) is 5.75 Å². The highest BCUT2D eigenvalue weighted by Gasteiger charge is 2.37. The summed E-state index contributed by atoms with van der Waals surface area (Å²) >= 11 is 1.72. The summed E-state index contributed by atoms with van der Waals surface area (Å²) in [4.78, 5) is 1.37. The van der Waals surface area contributed by atoms with E-state index in [1.165, 1.54) is 4.80 Å². The van der Waals surface area contributed by atoms with Crippen molar-refractivity contribution in [3.8, 4) is 0 Å². The fraction of sp³-hybridized carbons (Fsp3) is 0.833. The fourth-order valence-corrected chi connectivity index (χ4v) is 2.44. The van der Waals surface area contributed by atoms with Crippen LogP contribution in [0.2, 0.25) is 0 Å². The fourth-order valence-electron chi connectivity index (χ4n) is 1.20. The molecule has 1 aliphatic heterocycles. The van der Waals surface area contributed by atoms with Crippen LogP contribution < -0.4 is 0 Å². The molecule has 1 saturated heterocycles. The molecule has 1 fully saturated rings. The second-order valence-corrected chi connectivity index (χ2v) is 4.04. The Kier molecular flexibility index (Phi) is 1.80. The SMILES string of the molecule is Cn1nnc(C2(O)CCSC2)n1. The molecule has 1 aromatic heterocycles. The standard InChI is InChI=1S/C6H10N4OS/c1-10-8-5(7-9-10)6(11)2-3-12-4-6/h11H,2-4H2,1H3. The smallest absolute Gasteiger partial charge is 0.207 e. The van der Waals surface area contributed by atoms with Crippen LogP contribution >= 0.6 is 11.8 Å². The summed E-state index contributed by atoms with van der Waals surface area (Å²) in [5.74, 6) is 2.10. The van der Waals surface area contributed by atoms with Crippen LogP contribution in [0.3, 0.4) is 0 Å². The van der Waals surface area contributed by atoms with Gasteiger partial charge in [-0.1, -0.05) is 0 Å². The number of aliphatic hydroxyl groups is 1. The van der Waals surface area contributed by atoms with Gasteiger partial charge in [0.1, 0.15) is 5.60 Å². The molecule has 12 heavy (non-hydrogen) atoms. The van der Waals surface area contributed by atoms with Crippen LogP contribution in [0.15, 0.2) is 0 Å². The molecule has 2 rings (SSSR count). The Morgan fingerprint density at radius 2 is 2.50 bits per heavy atom. The van der Waals surface area contributed by atoms with E-state index in [9.17, 15) is 5.11 Å². The van der Waals surface area contributed by atoms with E-state index in [2.05, 4.69) is 15.4 Å². The highest BCUT2D eigenvalue weighted by atomic mass is 32.2. The van der Waals surface area contributed by atoms with Crippen LogP contribution in [0, 0.1) is 0 Å². The Bertz CT molecular complexity index is 281. The first-order valence-electron chi connectivity index (χ1n) is 3.75. The predicted molar refractivity (Wildman–Crippen MR) is 44.6 cm³/mol. The van der Waals surface area contributed by atoms with Gasteiger partial charge in [0.2, 0.25) is 5.82 Å². The molecule has 0 amide bonds. The summed E-state index contributed by atoms with van der Waals surface area (Å²) in [6, 6.07) is 0. The third kappa shape index (κ3) is 1.21. The first-order chi connectivity index (χ1) is 5.71. The molecule has 0 radical (unpaired) electrons. The van der Waals surface area contributed by atoms with Gasteiger partial charge in [-0.25, -0.2) is 0 Å². The van der Waals surface area contributed by atoms with Gasteiger partial charge in [0.15, 0.2) is 0 Å². The van der Waals surface area contributed by atoms with Crippen LogP contribution in [0.5, 0.6) is 0 Å². The summed E-state index contributed by atoms with van der Waals surface area (Å²) in [7, 11) is 1.70. The lowest BCUT2D eigenvalue weighted by Crippen LogP contribution is -2.26. The summed E-state index contributed by atoms with van der Waals surface area (Å²) in [6.07, 6.45) is 0.726. The van der Waals surface area contributed by atoms with Crippen LogP contribution in [0.25, 0.3) is 0 Å².